The SMILES string of the molecule is CCCCCC(C)(C)NC(=O)CN1CCCCC1.Cl. The van der Waals surface area contributed by atoms with Crippen molar-refractivity contribution in [2.45, 2.75) is 71.3 Å². The van der Waals surface area contributed by atoms with Gasteiger partial charge in [-0.25, -0.2) is 0 Å². The fourth-order valence-corrected chi connectivity index (χ4v) is 2.62. The van der Waals surface area contributed by atoms with Crippen LogP contribution in [-0.4, -0.2) is 36.0 Å². The maximum absolute atomic E-state index is 12.0. The highest BCUT2D eigenvalue weighted by Gasteiger charge is 2.21. The lowest BCUT2D eigenvalue weighted by Crippen LogP contribution is -2.48. The first-order chi connectivity index (χ1) is 8.53. The molecule has 0 saturated carbocycles. The predicted molar refractivity (Wildman–Crippen MR) is 83.9 cm³/mol. The summed E-state index contributed by atoms with van der Waals surface area (Å²) in [5, 5.41) is 3.18. The first-order valence-corrected chi connectivity index (χ1v) is 7.57. The van der Waals surface area contributed by atoms with E-state index in [1.165, 1.54) is 38.5 Å². The van der Waals surface area contributed by atoms with E-state index in [0.29, 0.717) is 6.54 Å². The minimum absolute atomic E-state index is 0. The molecule has 0 bridgehead atoms. The van der Waals surface area contributed by atoms with Crippen molar-refractivity contribution in [2.24, 2.45) is 0 Å². The van der Waals surface area contributed by atoms with Crippen LogP contribution in [0.2, 0.25) is 0 Å². The third-order valence-corrected chi connectivity index (χ3v) is 3.70. The quantitative estimate of drug-likeness (QED) is 0.729. The van der Waals surface area contributed by atoms with Crippen LogP contribution in [0.15, 0.2) is 0 Å². The third kappa shape index (κ3) is 8.48. The molecular formula is C15H31ClN2O. The van der Waals surface area contributed by atoms with Crippen molar-refractivity contribution in [2.75, 3.05) is 19.6 Å². The zero-order valence-corrected chi connectivity index (χ0v) is 13.7. The second kappa shape index (κ2) is 9.60. The Hall–Kier alpha value is -0.280. The number of carbonyl (C=O) groups excluding carboxylic acids is 1. The van der Waals surface area contributed by atoms with Gasteiger partial charge in [-0.05, 0) is 46.2 Å². The second-order valence-electron chi connectivity index (χ2n) is 6.23. The van der Waals surface area contributed by atoms with E-state index in [1.54, 1.807) is 0 Å². The van der Waals surface area contributed by atoms with Crippen LogP contribution in [0.25, 0.3) is 0 Å². The second-order valence-corrected chi connectivity index (χ2v) is 6.23. The molecule has 1 aliphatic rings. The van der Waals surface area contributed by atoms with Gasteiger partial charge in [0.05, 0.1) is 6.54 Å². The largest absolute Gasteiger partial charge is 0.350 e. The summed E-state index contributed by atoms with van der Waals surface area (Å²) in [6.07, 6.45) is 8.57. The average Bonchev–Trinajstić information content (AvgIpc) is 2.29. The standard InChI is InChI=1S/C15H30N2O.ClH/c1-4-5-7-10-15(2,3)16-14(18)13-17-11-8-6-9-12-17;/h4-13H2,1-3H3,(H,16,18);1H. The monoisotopic (exact) mass is 290 g/mol. The Bertz CT molecular complexity index is 251. The fourth-order valence-electron chi connectivity index (χ4n) is 2.62. The van der Waals surface area contributed by atoms with Gasteiger partial charge in [-0.3, -0.25) is 9.69 Å². The van der Waals surface area contributed by atoms with E-state index in [2.05, 4.69) is 31.0 Å². The molecule has 1 heterocycles. The van der Waals surface area contributed by atoms with Crippen molar-refractivity contribution in [3.05, 3.63) is 0 Å². The maximum Gasteiger partial charge on any atom is 0.234 e. The fraction of sp³-hybridized carbons (Fsp3) is 0.933. The van der Waals surface area contributed by atoms with E-state index >= 15 is 0 Å². The highest BCUT2D eigenvalue weighted by molar-refractivity contribution is 5.85. The van der Waals surface area contributed by atoms with Gasteiger partial charge in [-0.15, -0.1) is 12.4 Å². The van der Waals surface area contributed by atoms with Crippen LogP contribution < -0.4 is 5.32 Å². The van der Waals surface area contributed by atoms with Gasteiger partial charge in [0.15, 0.2) is 0 Å². The number of hydrogen-bond acceptors (Lipinski definition) is 2. The highest BCUT2D eigenvalue weighted by Crippen LogP contribution is 2.14. The van der Waals surface area contributed by atoms with Crippen molar-refractivity contribution >= 4 is 18.3 Å². The molecule has 0 radical (unpaired) electrons. The van der Waals surface area contributed by atoms with Crippen molar-refractivity contribution < 1.29 is 4.79 Å². The van der Waals surface area contributed by atoms with Crippen molar-refractivity contribution in [1.29, 1.82) is 0 Å². The number of carbonyl (C=O) groups is 1. The Morgan fingerprint density at radius 1 is 1.16 bits per heavy atom. The van der Waals surface area contributed by atoms with Crippen LogP contribution in [0, 0.1) is 0 Å². The van der Waals surface area contributed by atoms with E-state index in [0.717, 1.165) is 19.5 Å². The van der Waals surface area contributed by atoms with Crippen molar-refractivity contribution in [3.8, 4) is 0 Å². The van der Waals surface area contributed by atoms with Gasteiger partial charge in [-0.2, -0.15) is 0 Å². The van der Waals surface area contributed by atoms with Gasteiger partial charge in [0, 0.05) is 5.54 Å². The summed E-state index contributed by atoms with van der Waals surface area (Å²) in [5.74, 6) is 0.193. The molecule has 114 valence electrons. The molecule has 0 aromatic carbocycles. The lowest BCUT2D eigenvalue weighted by atomic mass is 9.96. The number of unbranched alkanes of at least 4 members (excludes halogenated alkanes) is 2. The van der Waals surface area contributed by atoms with E-state index in [-0.39, 0.29) is 23.9 Å². The van der Waals surface area contributed by atoms with E-state index < -0.39 is 0 Å². The van der Waals surface area contributed by atoms with Gasteiger partial charge < -0.3 is 5.32 Å². The molecule has 0 unspecified atom stereocenters. The molecule has 1 amide bonds. The zero-order valence-electron chi connectivity index (χ0n) is 12.8. The summed E-state index contributed by atoms with van der Waals surface area (Å²) in [5.41, 5.74) is -0.0535. The number of rotatable bonds is 7. The van der Waals surface area contributed by atoms with Crippen LogP contribution >= 0.6 is 12.4 Å². The minimum atomic E-state index is -0.0535. The van der Waals surface area contributed by atoms with Gasteiger partial charge >= 0.3 is 0 Å². The van der Waals surface area contributed by atoms with Gasteiger partial charge in [-0.1, -0.05) is 32.6 Å². The molecule has 0 aromatic heterocycles. The number of likely N-dealkylation sites (tertiary alicyclic amines) is 1. The highest BCUT2D eigenvalue weighted by atomic mass is 35.5. The topological polar surface area (TPSA) is 32.3 Å². The molecule has 1 rings (SSSR count). The summed E-state index contributed by atoms with van der Waals surface area (Å²) in [4.78, 5) is 14.3. The molecule has 4 heteroatoms. The molecule has 0 aliphatic carbocycles. The summed E-state index contributed by atoms with van der Waals surface area (Å²) in [6.45, 7) is 9.24. The minimum Gasteiger partial charge on any atom is -0.350 e. The molecule has 1 fully saturated rings. The molecule has 1 aliphatic heterocycles. The van der Waals surface area contributed by atoms with Gasteiger partial charge in [0.25, 0.3) is 0 Å². The van der Waals surface area contributed by atoms with E-state index in [9.17, 15) is 4.79 Å². The zero-order chi connectivity index (χ0) is 13.4. The summed E-state index contributed by atoms with van der Waals surface area (Å²) in [6, 6.07) is 0. The Kier molecular flexibility index (Phi) is 9.46. The lowest BCUT2D eigenvalue weighted by molar-refractivity contribution is -0.124. The number of amides is 1. The molecule has 0 atom stereocenters. The molecule has 3 nitrogen and oxygen atoms in total. The Labute approximate surface area is 124 Å². The summed E-state index contributed by atoms with van der Waals surface area (Å²) < 4.78 is 0. The Morgan fingerprint density at radius 3 is 2.37 bits per heavy atom. The van der Waals surface area contributed by atoms with Crippen LogP contribution in [0.3, 0.4) is 0 Å². The molecule has 19 heavy (non-hydrogen) atoms. The third-order valence-electron chi connectivity index (χ3n) is 3.70. The van der Waals surface area contributed by atoms with E-state index in [4.69, 9.17) is 0 Å². The summed E-state index contributed by atoms with van der Waals surface area (Å²) >= 11 is 0. The van der Waals surface area contributed by atoms with Crippen LogP contribution in [-0.2, 0) is 4.79 Å². The van der Waals surface area contributed by atoms with Crippen molar-refractivity contribution in [3.63, 3.8) is 0 Å². The molecular weight excluding hydrogens is 260 g/mol. The number of nitrogens with one attached hydrogen (secondary N) is 1. The first-order valence-electron chi connectivity index (χ1n) is 7.57. The average molecular weight is 291 g/mol. The first kappa shape index (κ1) is 18.7. The number of nitrogens with zero attached hydrogens (tertiary/aromatic N) is 1. The van der Waals surface area contributed by atoms with Crippen LogP contribution in [0.5, 0.6) is 0 Å². The van der Waals surface area contributed by atoms with Crippen molar-refractivity contribution in [1.82, 2.24) is 10.2 Å². The Balaban J connectivity index is 0.00000324. The molecule has 0 spiro atoms. The predicted octanol–water partition coefficient (Wildman–Crippen LogP) is 3.37. The Morgan fingerprint density at radius 2 is 1.79 bits per heavy atom. The van der Waals surface area contributed by atoms with Crippen LogP contribution in [0.1, 0.15) is 65.7 Å². The number of halogens is 1. The molecule has 0 aromatic rings. The smallest absolute Gasteiger partial charge is 0.234 e. The molecule has 1 saturated heterocycles. The maximum atomic E-state index is 12.0. The van der Waals surface area contributed by atoms with Gasteiger partial charge in [0.1, 0.15) is 0 Å². The van der Waals surface area contributed by atoms with Crippen LogP contribution in [0.4, 0.5) is 0 Å². The molecule has 1 N–H and O–H groups in total. The van der Waals surface area contributed by atoms with Gasteiger partial charge in [0.2, 0.25) is 5.91 Å². The number of hydrogen-bond donors (Lipinski definition) is 1. The number of piperidine rings is 1. The summed E-state index contributed by atoms with van der Waals surface area (Å²) in [7, 11) is 0. The normalized spacial score (nSPS) is 16.8. The lowest BCUT2D eigenvalue weighted by Gasteiger charge is -2.30. The van der Waals surface area contributed by atoms with E-state index in [1.807, 2.05) is 0 Å².